The molecular formula is C15H18F3N3O3. The highest BCUT2D eigenvalue weighted by Crippen LogP contribution is 2.24. The number of carbonyl (C=O) groups is 2. The van der Waals surface area contributed by atoms with E-state index in [1.165, 1.54) is 18.2 Å². The zero-order valence-corrected chi connectivity index (χ0v) is 13.0. The van der Waals surface area contributed by atoms with E-state index >= 15 is 0 Å². The molecule has 0 saturated carbocycles. The minimum atomic E-state index is -4.40. The molecule has 0 radical (unpaired) electrons. The number of hydrogen-bond donors (Lipinski definition) is 3. The van der Waals surface area contributed by atoms with Crippen LogP contribution in [0, 0.1) is 6.92 Å². The topological polar surface area (TPSA) is 79.5 Å². The van der Waals surface area contributed by atoms with Gasteiger partial charge in [0.15, 0.2) is 6.61 Å². The van der Waals surface area contributed by atoms with Gasteiger partial charge in [0.1, 0.15) is 5.75 Å². The van der Waals surface area contributed by atoms with E-state index in [0.717, 1.165) is 0 Å². The van der Waals surface area contributed by atoms with Crippen LogP contribution in [-0.2, 0) is 4.79 Å². The number of piperidine rings is 1. The number of aryl methyl sites for hydroxylation is 1. The van der Waals surface area contributed by atoms with Gasteiger partial charge in [-0.2, -0.15) is 13.2 Å². The van der Waals surface area contributed by atoms with Gasteiger partial charge in [-0.3, -0.25) is 4.79 Å². The zero-order chi connectivity index (χ0) is 17.7. The summed E-state index contributed by atoms with van der Waals surface area (Å²) < 4.78 is 41.2. The van der Waals surface area contributed by atoms with E-state index in [1.54, 1.807) is 6.92 Å². The molecule has 0 aliphatic carbocycles. The number of anilines is 1. The van der Waals surface area contributed by atoms with Crippen molar-refractivity contribution in [3.8, 4) is 5.75 Å². The molecule has 1 fully saturated rings. The molecule has 3 N–H and O–H groups in total. The molecule has 3 amide bonds. The Morgan fingerprint density at radius 3 is 2.75 bits per heavy atom. The smallest absolute Gasteiger partial charge is 0.422 e. The maximum Gasteiger partial charge on any atom is 0.422 e. The molecule has 132 valence electrons. The van der Waals surface area contributed by atoms with E-state index < -0.39 is 18.8 Å². The second kappa shape index (κ2) is 7.41. The van der Waals surface area contributed by atoms with Crippen LogP contribution in [-0.4, -0.2) is 37.3 Å². The number of rotatable bonds is 4. The number of carbonyl (C=O) groups excluding carboxylic acids is 2. The van der Waals surface area contributed by atoms with Crippen LogP contribution in [0.15, 0.2) is 18.2 Å². The summed E-state index contributed by atoms with van der Waals surface area (Å²) >= 11 is 0. The van der Waals surface area contributed by atoms with Crippen molar-refractivity contribution in [2.45, 2.75) is 32.0 Å². The highest BCUT2D eigenvalue weighted by Gasteiger charge is 2.28. The standard InChI is InChI=1S/C15H18F3N3O3/c1-9-6-10(2-4-12(9)24-8-15(16,17)18)20-14(23)21-11-3-5-13(22)19-7-11/h2,4,6,11H,3,5,7-8H2,1H3,(H,19,22)(H2,20,21,23). The molecule has 0 aromatic heterocycles. The van der Waals surface area contributed by atoms with Crippen molar-refractivity contribution in [2.75, 3.05) is 18.5 Å². The number of halogens is 3. The molecule has 1 unspecified atom stereocenters. The van der Waals surface area contributed by atoms with Crippen molar-refractivity contribution >= 4 is 17.6 Å². The van der Waals surface area contributed by atoms with Crippen molar-refractivity contribution in [1.29, 1.82) is 0 Å². The molecule has 24 heavy (non-hydrogen) atoms. The molecule has 1 saturated heterocycles. The number of amides is 3. The number of hydrogen-bond acceptors (Lipinski definition) is 3. The summed E-state index contributed by atoms with van der Waals surface area (Å²) in [5.74, 6) is 0.0619. The summed E-state index contributed by atoms with van der Waals surface area (Å²) in [6.07, 6.45) is -3.49. The Bertz CT molecular complexity index is 610. The van der Waals surface area contributed by atoms with Crippen LogP contribution in [0.2, 0.25) is 0 Å². The Labute approximate surface area is 136 Å². The molecule has 6 nitrogen and oxygen atoms in total. The molecule has 1 aliphatic heterocycles. The first-order valence-electron chi connectivity index (χ1n) is 7.37. The van der Waals surface area contributed by atoms with E-state index in [2.05, 4.69) is 16.0 Å². The van der Waals surface area contributed by atoms with Crippen molar-refractivity contribution in [1.82, 2.24) is 10.6 Å². The minimum absolute atomic E-state index is 0.0430. The van der Waals surface area contributed by atoms with Gasteiger partial charge in [0.25, 0.3) is 0 Å². The monoisotopic (exact) mass is 345 g/mol. The lowest BCUT2D eigenvalue weighted by molar-refractivity contribution is -0.153. The Kier molecular flexibility index (Phi) is 5.53. The highest BCUT2D eigenvalue weighted by molar-refractivity contribution is 5.90. The van der Waals surface area contributed by atoms with Crippen molar-refractivity contribution in [3.63, 3.8) is 0 Å². The first-order valence-corrected chi connectivity index (χ1v) is 7.37. The fourth-order valence-electron chi connectivity index (χ4n) is 2.26. The number of alkyl halides is 3. The molecule has 0 spiro atoms. The fraction of sp³-hybridized carbons (Fsp3) is 0.467. The maximum atomic E-state index is 12.2. The fourth-order valence-corrected chi connectivity index (χ4v) is 2.26. The Balaban J connectivity index is 1.87. The first-order chi connectivity index (χ1) is 11.2. The number of ether oxygens (including phenoxy) is 1. The van der Waals surface area contributed by atoms with Crippen LogP contribution in [0.4, 0.5) is 23.7 Å². The lowest BCUT2D eigenvalue weighted by Crippen LogP contribution is -2.48. The lowest BCUT2D eigenvalue weighted by atomic mass is 10.1. The lowest BCUT2D eigenvalue weighted by Gasteiger charge is -2.23. The predicted molar refractivity (Wildman–Crippen MR) is 80.9 cm³/mol. The quantitative estimate of drug-likeness (QED) is 0.784. The molecule has 1 aliphatic rings. The molecule has 1 aromatic rings. The first kappa shape index (κ1) is 17.9. The predicted octanol–water partition coefficient (Wildman–Crippen LogP) is 2.34. The number of urea groups is 1. The van der Waals surface area contributed by atoms with Gasteiger partial charge in [-0.1, -0.05) is 0 Å². The Morgan fingerprint density at radius 2 is 2.17 bits per heavy atom. The Morgan fingerprint density at radius 1 is 1.42 bits per heavy atom. The van der Waals surface area contributed by atoms with Crippen LogP contribution in [0.1, 0.15) is 18.4 Å². The second-order valence-corrected chi connectivity index (χ2v) is 5.52. The average molecular weight is 345 g/mol. The highest BCUT2D eigenvalue weighted by atomic mass is 19.4. The minimum Gasteiger partial charge on any atom is -0.484 e. The van der Waals surface area contributed by atoms with Gasteiger partial charge >= 0.3 is 12.2 Å². The normalized spacial score (nSPS) is 17.8. The van der Waals surface area contributed by atoms with Gasteiger partial charge in [-0.25, -0.2) is 4.79 Å². The van der Waals surface area contributed by atoms with Gasteiger partial charge in [-0.05, 0) is 37.1 Å². The van der Waals surface area contributed by atoms with E-state index in [4.69, 9.17) is 4.74 Å². The molecule has 1 atom stereocenters. The average Bonchev–Trinajstić information content (AvgIpc) is 2.48. The van der Waals surface area contributed by atoms with Gasteiger partial charge in [-0.15, -0.1) is 0 Å². The molecule has 1 heterocycles. The molecule has 1 aromatic carbocycles. The van der Waals surface area contributed by atoms with Crippen LogP contribution in [0.3, 0.4) is 0 Å². The second-order valence-electron chi connectivity index (χ2n) is 5.52. The molecule has 0 bridgehead atoms. The molecule has 9 heteroatoms. The molecular weight excluding hydrogens is 327 g/mol. The van der Waals surface area contributed by atoms with Gasteiger partial charge in [0.2, 0.25) is 5.91 Å². The van der Waals surface area contributed by atoms with Gasteiger partial charge in [0.05, 0.1) is 0 Å². The largest absolute Gasteiger partial charge is 0.484 e. The maximum absolute atomic E-state index is 12.2. The summed E-state index contributed by atoms with van der Waals surface area (Å²) in [7, 11) is 0. The summed E-state index contributed by atoms with van der Waals surface area (Å²) in [4.78, 5) is 22.9. The van der Waals surface area contributed by atoms with E-state index in [0.29, 0.717) is 30.6 Å². The van der Waals surface area contributed by atoms with Crippen molar-refractivity contribution in [3.05, 3.63) is 23.8 Å². The third-order valence-corrected chi connectivity index (χ3v) is 3.42. The van der Waals surface area contributed by atoms with Crippen LogP contribution >= 0.6 is 0 Å². The summed E-state index contributed by atoms with van der Waals surface area (Å²) in [6, 6.07) is 3.75. The van der Waals surface area contributed by atoms with Crippen LogP contribution < -0.4 is 20.7 Å². The van der Waals surface area contributed by atoms with Crippen molar-refractivity contribution < 1.29 is 27.5 Å². The third-order valence-electron chi connectivity index (χ3n) is 3.42. The van der Waals surface area contributed by atoms with Crippen LogP contribution in [0.5, 0.6) is 5.75 Å². The van der Waals surface area contributed by atoms with E-state index in [9.17, 15) is 22.8 Å². The van der Waals surface area contributed by atoms with Gasteiger partial charge < -0.3 is 20.7 Å². The number of nitrogens with one attached hydrogen (secondary N) is 3. The van der Waals surface area contributed by atoms with Gasteiger partial charge in [0, 0.05) is 24.7 Å². The van der Waals surface area contributed by atoms with E-state index in [-0.39, 0.29) is 17.7 Å². The Hall–Kier alpha value is -2.45. The number of benzene rings is 1. The van der Waals surface area contributed by atoms with Crippen molar-refractivity contribution in [2.24, 2.45) is 0 Å². The SMILES string of the molecule is Cc1cc(NC(=O)NC2CCC(=O)NC2)ccc1OCC(F)(F)F. The summed E-state index contributed by atoms with van der Waals surface area (Å²) in [5.41, 5.74) is 0.909. The zero-order valence-electron chi connectivity index (χ0n) is 13.0. The van der Waals surface area contributed by atoms with Crippen LogP contribution in [0.25, 0.3) is 0 Å². The van der Waals surface area contributed by atoms with E-state index in [1.807, 2.05) is 0 Å². The summed E-state index contributed by atoms with van der Waals surface area (Å²) in [5, 5.41) is 7.98. The third kappa shape index (κ3) is 5.64. The summed E-state index contributed by atoms with van der Waals surface area (Å²) in [6.45, 7) is 0.593. The molecule has 2 rings (SSSR count).